The van der Waals surface area contributed by atoms with Crippen LogP contribution in [0.1, 0.15) is 49.2 Å². The molecule has 1 heterocycles. The van der Waals surface area contributed by atoms with Crippen molar-refractivity contribution in [3.63, 3.8) is 0 Å². The second-order valence-corrected chi connectivity index (χ2v) is 5.74. The maximum atomic E-state index is 10.8. The summed E-state index contributed by atoms with van der Waals surface area (Å²) in [5.41, 5.74) is 6.22. The molecule has 90 valence electrons. The number of nitrogens with zero attached hydrogens (tertiary/aromatic N) is 1. The largest absolute Gasteiger partial charge is 0.328 e. The minimum Gasteiger partial charge on any atom is -0.328 e. The van der Waals surface area contributed by atoms with Crippen molar-refractivity contribution in [3.8, 4) is 0 Å². The lowest BCUT2D eigenvalue weighted by Crippen LogP contribution is -2.16. The standard InChI is InChI=1S/C14H18N2O/c1-14(2)7-6-10-12(15-8-17)9-4-3-5-11(9)16-13(10)14/h8H,3-7H2,1-2H3,(H,15,16,17). The highest BCUT2D eigenvalue weighted by Gasteiger charge is 2.35. The summed E-state index contributed by atoms with van der Waals surface area (Å²) in [5.74, 6) is 0. The molecule has 0 atom stereocenters. The van der Waals surface area contributed by atoms with Gasteiger partial charge in [-0.05, 0) is 43.2 Å². The van der Waals surface area contributed by atoms with Gasteiger partial charge in [0.15, 0.2) is 0 Å². The first-order chi connectivity index (χ1) is 8.13. The normalized spacial score (nSPS) is 19.9. The van der Waals surface area contributed by atoms with Gasteiger partial charge in [0.1, 0.15) is 0 Å². The third kappa shape index (κ3) is 1.48. The van der Waals surface area contributed by atoms with Crippen LogP contribution in [0.15, 0.2) is 0 Å². The Morgan fingerprint density at radius 2 is 2.06 bits per heavy atom. The SMILES string of the molecule is CC1(C)CCc2c1nc1c(c2NC=O)CCC1. The quantitative estimate of drug-likeness (QED) is 0.792. The van der Waals surface area contributed by atoms with Gasteiger partial charge < -0.3 is 5.32 Å². The van der Waals surface area contributed by atoms with Crippen molar-refractivity contribution >= 4 is 12.1 Å². The highest BCUT2D eigenvalue weighted by Crippen LogP contribution is 2.43. The zero-order valence-corrected chi connectivity index (χ0v) is 10.5. The Hall–Kier alpha value is -1.38. The van der Waals surface area contributed by atoms with E-state index in [1.807, 2.05) is 0 Å². The van der Waals surface area contributed by atoms with Crippen molar-refractivity contribution in [3.05, 3.63) is 22.5 Å². The lowest BCUT2D eigenvalue weighted by Gasteiger charge is -2.20. The highest BCUT2D eigenvalue weighted by molar-refractivity contribution is 5.78. The van der Waals surface area contributed by atoms with E-state index in [2.05, 4.69) is 19.2 Å². The van der Waals surface area contributed by atoms with E-state index in [1.165, 1.54) is 28.9 Å². The number of rotatable bonds is 2. The summed E-state index contributed by atoms with van der Waals surface area (Å²) in [5, 5.41) is 2.93. The zero-order chi connectivity index (χ0) is 12.0. The van der Waals surface area contributed by atoms with Crippen LogP contribution in [0.3, 0.4) is 0 Å². The van der Waals surface area contributed by atoms with E-state index >= 15 is 0 Å². The highest BCUT2D eigenvalue weighted by atomic mass is 16.1. The van der Waals surface area contributed by atoms with Crippen LogP contribution in [0.5, 0.6) is 0 Å². The number of aryl methyl sites for hydroxylation is 1. The minimum absolute atomic E-state index is 0.159. The van der Waals surface area contributed by atoms with Crippen molar-refractivity contribution in [2.75, 3.05) is 5.32 Å². The molecule has 3 rings (SSSR count). The second-order valence-electron chi connectivity index (χ2n) is 5.74. The zero-order valence-electron chi connectivity index (χ0n) is 10.5. The fourth-order valence-electron chi connectivity index (χ4n) is 3.22. The second kappa shape index (κ2) is 3.56. The Balaban J connectivity index is 2.23. The first-order valence-electron chi connectivity index (χ1n) is 6.39. The molecular formula is C14H18N2O. The molecule has 0 saturated carbocycles. The molecule has 0 fully saturated rings. The third-order valence-corrected chi connectivity index (χ3v) is 4.17. The molecule has 2 aliphatic carbocycles. The van der Waals surface area contributed by atoms with E-state index < -0.39 is 0 Å². The molecule has 1 aromatic rings. The van der Waals surface area contributed by atoms with Gasteiger partial charge in [0.05, 0.1) is 11.4 Å². The molecule has 0 spiro atoms. The Kier molecular flexibility index (Phi) is 2.25. The molecular weight excluding hydrogens is 212 g/mol. The topological polar surface area (TPSA) is 42.0 Å². The molecule has 0 aromatic carbocycles. The Bertz CT molecular complexity index is 491. The van der Waals surface area contributed by atoms with Crippen molar-refractivity contribution in [2.45, 2.75) is 51.4 Å². The van der Waals surface area contributed by atoms with Crippen LogP contribution in [0.25, 0.3) is 0 Å². The Morgan fingerprint density at radius 1 is 1.24 bits per heavy atom. The van der Waals surface area contributed by atoms with E-state index in [1.54, 1.807) is 0 Å². The van der Waals surface area contributed by atoms with Crippen molar-refractivity contribution in [1.29, 1.82) is 0 Å². The maximum absolute atomic E-state index is 10.8. The third-order valence-electron chi connectivity index (χ3n) is 4.17. The number of pyridine rings is 1. The number of hydrogen-bond acceptors (Lipinski definition) is 2. The van der Waals surface area contributed by atoms with E-state index in [4.69, 9.17) is 4.98 Å². The monoisotopic (exact) mass is 230 g/mol. The first-order valence-corrected chi connectivity index (χ1v) is 6.39. The summed E-state index contributed by atoms with van der Waals surface area (Å²) in [4.78, 5) is 15.7. The van der Waals surface area contributed by atoms with Gasteiger partial charge in [-0.2, -0.15) is 0 Å². The van der Waals surface area contributed by atoms with Gasteiger partial charge in [-0.1, -0.05) is 13.8 Å². The molecule has 1 aromatic heterocycles. The summed E-state index contributed by atoms with van der Waals surface area (Å²) in [6.07, 6.45) is 6.27. The van der Waals surface area contributed by atoms with Crippen molar-refractivity contribution in [1.82, 2.24) is 4.98 Å². The molecule has 2 aliphatic rings. The van der Waals surface area contributed by atoms with E-state index in [0.29, 0.717) is 0 Å². The Labute approximate surface area is 102 Å². The molecule has 3 nitrogen and oxygen atoms in total. The van der Waals surface area contributed by atoms with Crippen LogP contribution in [0.4, 0.5) is 5.69 Å². The van der Waals surface area contributed by atoms with Crippen molar-refractivity contribution in [2.24, 2.45) is 0 Å². The summed E-state index contributed by atoms with van der Waals surface area (Å²) in [6.45, 7) is 4.50. The van der Waals surface area contributed by atoms with Crippen molar-refractivity contribution < 1.29 is 4.79 Å². The fraction of sp³-hybridized carbons (Fsp3) is 0.571. The predicted molar refractivity (Wildman–Crippen MR) is 67.3 cm³/mol. The van der Waals surface area contributed by atoms with E-state index in [0.717, 1.165) is 37.8 Å². The van der Waals surface area contributed by atoms with Crippen LogP contribution < -0.4 is 5.32 Å². The first kappa shape index (κ1) is 10.8. The number of hydrogen-bond donors (Lipinski definition) is 1. The Morgan fingerprint density at radius 3 is 2.82 bits per heavy atom. The molecule has 0 saturated heterocycles. The number of fused-ring (bicyclic) bond motifs is 2. The van der Waals surface area contributed by atoms with Crippen LogP contribution >= 0.6 is 0 Å². The number of amides is 1. The van der Waals surface area contributed by atoms with Crippen LogP contribution in [0, 0.1) is 0 Å². The summed E-state index contributed by atoms with van der Waals surface area (Å²) in [7, 11) is 0. The van der Waals surface area contributed by atoms with Gasteiger partial charge in [-0.25, -0.2) is 0 Å². The number of nitrogens with one attached hydrogen (secondary N) is 1. The fourth-order valence-corrected chi connectivity index (χ4v) is 3.22. The van der Waals surface area contributed by atoms with Gasteiger partial charge in [0.25, 0.3) is 0 Å². The molecule has 3 heteroatoms. The molecule has 0 unspecified atom stereocenters. The molecule has 0 bridgehead atoms. The average molecular weight is 230 g/mol. The van der Waals surface area contributed by atoms with Crippen LogP contribution in [-0.4, -0.2) is 11.4 Å². The smallest absolute Gasteiger partial charge is 0.211 e. The summed E-state index contributed by atoms with van der Waals surface area (Å²) < 4.78 is 0. The van der Waals surface area contributed by atoms with E-state index in [9.17, 15) is 4.79 Å². The number of carbonyl (C=O) groups is 1. The molecule has 1 amide bonds. The summed E-state index contributed by atoms with van der Waals surface area (Å²) in [6, 6.07) is 0. The average Bonchev–Trinajstić information content (AvgIpc) is 2.85. The molecule has 0 radical (unpaired) electrons. The number of carbonyl (C=O) groups excluding carboxylic acids is 1. The number of anilines is 1. The van der Waals surface area contributed by atoms with Gasteiger partial charge in [0.2, 0.25) is 6.41 Å². The van der Waals surface area contributed by atoms with E-state index in [-0.39, 0.29) is 5.41 Å². The molecule has 17 heavy (non-hydrogen) atoms. The maximum Gasteiger partial charge on any atom is 0.211 e. The van der Waals surface area contributed by atoms with Gasteiger partial charge in [-0.15, -0.1) is 0 Å². The lowest BCUT2D eigenvalue weighted by atomic mass is 9.90. The predicted octanol–water partition coefficient (Wildman–Crippen LogP) is 2.36. The van der Waals surface area contributed by atoms with Crippen LogP contribution in [-0.2, 0) is 29.5 Å². The molecule has 0 aliphatic heterocycles. The van der Waals surface area contributed by atoms with Gasteiger partial charge in [-0.3, -0.25) is 9.78 Å². The minimum atomic E-state index is 0.159. The van der Waals surface area contributed by atoms with Crippen LogP contribution in [0.2, 0.25) is 0 Å². The van der Waals surface area contributed by atoms with Gasteiger partial charge >= 0.3 is 0 Å². The summed E-state index contributed by atoms with van der Waals surface area (Å²) >= 11 is 0. The lowest BCUT2D eigenvalue weighted by molar-refractivity contribution is -0.105. The van der Waals surface area contributed by atoms with Gasteiger partial charge in [0, 0.05) is 11.1 Å². The molecule has 1 N–H and O–H groups in total. The number of aromatic nitrogens is 1.